The number of carbonyl (C=O) groups excluding carboxylic acids is 1. The van der Waals surface area contributed by atoms with Crippen molar-refractivity contribution in [1.82, 2.24) is 14.1 Å². The number of hydrogen-bond donors (Lipinski definition) is 0. The molecule has 0 amide bonds. The van der Waals surface area contributed by atoms with Crippen molar-refractivity contribution >= 4 is 35.0 Å². The van der Waals surface area contributed by atoms with Crippen LogP contribution in [0, 0.1) is 13.8 Å². The van der Waals surface area contributed by atoms with E-state index in [0.717, 1.165) is 28.2 Å². The topological polar surface area (TPSA) is 78.5 Å². The summed E-state index contributed by atoms with van der Waals surface area (Å²) < 4.78 is 9.78. The van der Waals surface area contributed by atoms with Crippen LogP contribution in [-0.2, 0) is 9.53 Å². The zero-order valence-corrected chi connectivity index (χ0v) is 23.3. The van der Waals surface area contributed by atoms with Gasteiger partial charge in [-0.1, -0.05) is 35.1 Å². The van der Waals surface area contributed by atoms with Crippen molar-refractivity contribution < 1.29 is 9.53 Å². The van der Waals surface area contributed by atoms with Gasteiger partial charge < -0.3 is 9.30 Å². The van der Waals surface area contributed by atoms with Gasteiger partial charge in [-0.15, -0.1) is 0 Å². The Labute approximate surface area is 229 Å². The van der Waals surface area contributed by atoms with Crippen LogP contribution in [-0.4, -0.2) is 26.2 Å². The second kappa shape index (κ2) is 10.2. The number of thiazole rings is 1. The second-order valence-electron chi connectivity index (χ2n) is 9.46. The van der Waals surface area contributed by atoms with Crippen LogP contribution in [0.2, 0.25) is 5.02 Å². The number of ether oxygens (including phenoxy) is 1. The molecule has 0 bridgehead atoms. The largest absolute Gasteiger partial charge is 0.459 e. The maximum atomic E-state index is 13.9. The first kappa shape index (κ1) is 25.9. The number of benzene rings is 1. The van der Waals surface area contributed by atoms with E-state index in [0.29, 0.717) is 25.6 Å². The number of halogens is 1. The maximum Gasteiger partial charge on any atom is 0.338 e. The van der Waals surface area contributed by atoms with Gasteiger partial charge in [-0.2, -0.15) is 0 Å². The molecule has 194 valence electrons. The fraction of sp³-hybridized carbons (Fsp3) is 0.241. The average molecular weight is 547 g/mol. The van der Waals surface area contributed by atoms with Crippen LogP contribution in [0.25, 0.3) is 11.8 Å². The highest BCUT2D eigenvalue weighted by Gasteiger charge is 2.33. The molecule has 1 atom stereocenters. The SMILES string of the molecule is CC1=C(C(=O)OC(C)C)[C@H](c2ccc(Cl)cc2)n2c(sc(=Cc3cc(C)n(-c4cccnc4)c3C)c2=O)=N1. The van der Waals surface area contributed by atoms with E-state index in [1.165, 1.54) is 11.3 Å². The van der Waals surface area contributed by atoms with Crippen molar-refractivity contribution in [3.8, 4) is 5.69 Å². The molecule has 1 aliphatic heterocycles. The highest BCUT2D eigenvalue weighted by Crippen LogP contribution is 2.31. The van der Waals surface area contributed by atoms with Crippen LogP contribution in [0.5, 0.6) is 0 Å². The third kappa shape index (κ3) is 4.66. The lowest BCUT2D eigenvalue weighted by Crippen LogP contribution is -2.40. The van der Waals surface area contributed by atoms with Crippen molar-refractivity contribution in [3.63, 3.8) is 0 Å². The number of pyridine rings is 1. The fourth-order valence-corrected chi connectivity index (χ4v) is 5.94. The third-order valence-corrected chi connectivity index (χ3v) is 7.67. The molecule has 1 aliphatic rings. The molecule has 4 heterocycles. The van der Waals surface area contributed by atoms with Crippen molar-refractivity contribution in [2.75, 3.05) is 0 Å². The van der Waals surface area contributed by atoms with E-state index in [1.807, 2.05) is 56.5 Å². The molecule has 0 saturated carbocycles. The quantitative estimate of drug-likeness (QED) is 0.342. The molecule has 0 fully saturated rings. The Morgan fingerprint density at radius 3 is 2.55 bits per heavy atom. The van der Waals surface area contributed by atoms with Gasteiger partial charge in [-0.3, -0.25) is 14.3 Å². The molecule has 0 spiro atoms. The Balaban J connectivity index is 1.69. The monoisotopic (exact) mass is 546 g/mol. The van der Waals surface area contributed by atoms with Crippen LogP contribution < -0.4 is 14.9 Å². The Bertz CT molecular complexity index is 1750. The fourth-order valence-electron chi connectivity index (χ4n) is 4.78. The van der Waals surface area contributed by atoms with Crippen molar-refractivity contribution in [3.05, 3.63) is 113 Å². The molecule has 0 radical (unpaired) electrons. The zero-order chi connectivity index (χ0) is 27.1. The lowest BCUT2D eigenvalue weighted by atomic mass is 9.96. The van der Waals surface area contributed by atoms with Gasteiger partial charge in [0.2, 0.25) is 0 Å². The molecular formula is C29H27ClN4O3S. The van der Waals surface area contributed by atoms with Crippen molar-refractivity contribution in [2.45, 2.75) is 46.8 Å². The number of hydrogen-bond acceptors (Lipinski definition) is 6. The molecule has 0 unspecified atom stereocenters. The van der Waals surface area contributed by atoms with Gasteiger partial charge >= 0.3 is 5.97 Å². The maximum absolute atomic E-state index is 13.9. The van der Waals surface area contributed by atoms with E-state index >= 15 is 0 Å². The van der Waals surface area contributed by atoms with E-state index in [9.17, 15) is 9.59 Å². The highest BCUT2D eigenvalue weighted by atomic mass is 35.5. The van der Waals surface area contributed by atoms with Gasteiger partial charge in [0.05, 0.1) is 39.8 Å². The number of rotatable bonds is 5. The Kier molecular flexibility index (Phi) is 6.94. The summed E-state index contributed by atoms with van der Waals surface area (Å²) in [5, 5.41) is 0.567. The number of aromatic nitrogens is 3. The predicted molar refractivity (Wildman–Crippen MR) is 149 cm³/mol. The lowest BCUT2D eigenvalue weighted by Gasteiger charge is -2.25. The molecule has 1 aromatic carbocycles. The third-order valence-electron chi connectivity index (χ3n) is 6.43. The van der Waals surface area contributed by atoms with E-state index in [1.54, 1.807) is 43.7 Å². The number of nitrogens with zero attached hydrogens (tertiary/aromatic N) is 4. The normalized spacial score (nSPS) is 15.6. The summed E-state index contributed by atoms with van der Waals surface area (Å²) in [5.41, 5.74) is 5.30. The van der Waals surface area contributed by atoms with Crippen LogP contribution in [0.15, 0.2) is 75.9 Å². The van der Waals surface area contributed by atoms with Gasteiger partial charge in [0.1, 0.15) is 0 Å². The number of fused-ring (bicyclic) bond motifs is 1. The predicted octanol–water partition coefficient (Wildman–Crippen LogP) is 4.64. The summed E-state index contributed by atoms with van der Waals surface area (Å²) in [5.74, 6) is -0.490. The summed E-state index contributed by atoms with van der Waals surface area (Å²) >= 11 is 7.45. The lowest BCUT2D eigenvalue weighted by molar-refractivity contribution is -0.143. The Morgan fingerprint density at radius 1 is 1.16 bits per heavy atom. The highest BCUT2D eigenvalue weighted by molar-refractivity contribution is 7.07. The number of esters is 1. The smallest absolute Gasteiger partial charge is 0.338 e. The first-order valence-corrected chi connectivity index (χ1v) is 13.4. The minimum atomic E-state index is -0.681. The first-order chi connectivity index (χ1) is 18.2. The molecule has 0 saturated heterocycles. The second-order valence-corrected chi connectivity index (χ2v) is 10.9. The Morgan fingerprint density at radius 2 is 1.89 bits per heavy atom. The van der Waals surface area contributed by atoms with Crippen LogP contribution in [0.4, 0.5) is 0 Å². The summed E-state index contributed by atoms with van der Waals surface area (Å²) in [6.07, 6.45) is 5.13. The zero-order valence-electron chi connectivity index (χ0n) is 21.7. The summed E-state index contributed by atoms with van der Waals surface area (Å²) in [7, 11) is 0. The summed E-state index contributed by atoms with van der Waals surface area (Å²) in [6, 6.07) is 12.4. The molecule has 0 N–H and O–H groups in total. The molecule has 3 aromatic heterocycles. The molecule has 5 rings (SSSR count). The van der Waals surface area contributed by atoms with Gasteiger partial charge in [0.25, 0.3) is 5.56 Å². The van der Waals surface area contributed by atoms with Crippen LogP contribution >= 0.6 is 22.9 Å². The molecule has 38 heavy (non-hydrogen) atoms. The van der Waals surface area contributed by atoms with E-state index in [-0.39, 0.29) is 11.7 Å². The number of carbonyl (C=O) groups is 1. The van der Waals surface area contributed by atoms with Gasteiger partial charge in [-0.25, -0.2) is 9.79 Å². The molecule has 7 nitrogen and oxygen atoms in total. The molecule has 9 heteroatoms. The summed E-state index contributed by atoms with van der Waals surface area (Å²) in [6.45, 7) is 9.40. The minimum Gasteiger partial charge on any atom is -0.459 e. The van der Waals surface area contributed by atoms with Crippen molar-refractivity contribution in [1.29, 1.82) is 0 Å². The molecular weight excluding hydrogens is 520 g/mol. The van der Waals surface area contributed by atoms with Crippen molar-refractivity contribution in [2.24, 2.45) is 4.99 Å². The average Bonchev–Trinajstić information content (AvgIpc) is 3.33. The van der Waals surface area contributed by atoms with E-state index < -0.39 is 12.0 Å². The van der Waals surface area contributed by atoms with Crippen LogP contribution in [0.3, 0.4) is 0 Å². The number of allylic oxidation sites excluding steroid dienone is 1. The first-order valence-electron chi connectivity index (χ1n) is 12.2. The summed E-state index contributed by atoms with van der Waals surface area (Å²) in [4.78, 5) is 36.5. The minimum absolute atomic E-state index is 0.220. The standard InChI is InChI=1S/C29H27ClN4O3S/c1-16(2)37-28(36)25-18(4)32-29-34(26(25)20-8-10-22(30)11-9-20)27(35)24(38-29)14-21-13-17(3)33(19(21)5)23-7-6-12-31-15-23/h6-16,26H,1-5H3/t26-/m0/s1. The molecule has 4 aromatic rings. The van der Waals surface area contributed by atoms with Gasteiger partial charge in [0.15, 0.2) is 4.80 Å². The van der Waals surface area contributed by atoms with Crippen LogP contribution in [0.1, 0.15) is 49.3 Å². The Hall–Kier alpha value is -3.75. The van der Waals surface area contributed by atoms with E-state index in [2.05, 4.69) is 14.5 Å². The molecule has 0 aliphatic carbocycles. The van der Waals surface area contributed by atoms with E-state index in [4.69, 9.17) is 16.3 Å². The number of aryl methyl sites for hydroxylation is 1. The van der Waals surface area contributed by atoms with Gasteiger partial charge in [0, 0.05) is 22.6 Å². The van der Waals surface area contributed by atoms with Gasteiger partial charge in [-0.05, 0) is 82.2 Å².